The molecule has 0 aliphatic heterocycles. The van der Waals surface area contributed by atoms with E-state index >= 15 is 0 Å². The van der Waals surface area contributed by atoms with Crippen molar-refractivity contribution in [1.29, 1.82) is 5.26 Å². The summed E-state index contributed by atoms with van der Waals surface area (Å²) in [5.74, 6) is -0.224. The molecule has 0 spiro atoms. The Bertz CT molecular complexity index is 515. The molecule has 0 radical (unpaired) electrons. The highest BCUT2D eigenvalue weighted by atomic mass is 16.1. The molecular formula is C13H12N2O2. The highest BCUT2D eigenvalue weighted by Crippen LogP contribution is 2.24. The molecule has 1 amide bonds. The van der Waals surface area contributed by atoms with Crippen molar-refractivity contribution in [1.82, 2.24) is 0 Å². The Balaban J connectivity index is 2.21. The Morgan fingerprint density at radius 1 is 1.41 bits per heavy atom. The molecule has 0 saturated carbocycles. The quantitative estimate of drug-likeness (QED) is 0.842. The number of hydrogen-bond donors (Lipinski definition) is 1. The van der Waals surface area contributed by atoms with Gasteiger partial charge >= 0.3 is 0 Å². The Kier molecular flexibility index (Phi) is 3.20. The number of aryl methyl sites for hydroxylation is 1. The van der Waals surface area contributed by atoms with E-state index in [1.54, 1.807) is 18.2 Å². The lowest BCUT2D eigenvalue weighted by Gasteiger charge is -2.15. The summed E-state index contributed by atoms with van der Waals surface area (Å²) in [4.78, 5) is 22.9. The Labute approximate surface area is 99.2 Å². The van der Waals surface area contributed by atoms with Gasteiger partial charge in [-0.3, -0.25) is 9.59 Å². The van der Waals surface area contributed by atoms with Crippen LogP contribution in [0.4, 0.5) is 5.69 Å². The zero-order chi connectivity index (χ0) is 12.3. The van der Waals surface area contributed by atoms with Crippen molar-refractivity contribution in [3.05, 3.63) is 29.3 Å². The van der Waals surface area contributed by atoms with Crippen molar-refractivity contribution in [3.63, 3.8) is 0 Å². The van der Waals surface area contributed by atoms with Gasteiger partial charge in [-0.15, -0.1) is 0 Å². The van der Waals surface area contributed by atoms with Gasteiger partial charge in [-0.1, -0.05) is 6.07 Å². The maximum atomic E-state index is 11.7. The first-order valence-electron chi connectivity index (χ1n) is 5.53. The Morgan fingerprint density at radius 2 is 2.24 bits per heavy atom. The van der Waals surface area contributed by atoms with Crippen molar-refractivity contribution in [2.75, 3.05) is 5.32 Å². The molecule has 0 heterocycles. The number of carbonyl (C=O) groups is 2. The predicted molar refractivity (Wildman–Crippen MR) is 62.6 cm³/mol. The zero-order valence-electron chi connectivity index (χ0n) is 9.32. The normalized spacial score (nSPS) is 13.7. The second kappa shape index (κ2) is 4.79. The van der Waals surface area contributed by atoms with E-state index in [2.05, 4.69) is 5.32 Å². The van der Waals surface area contributed by atoms with Crippen molar-refractivity contribution < 1.29 is 9.59 Å². The largest absolute Gasteiger partial charge is 0.325 e. The van der Waals surface area contributed by atoms with Crippen LogP contribution in [-0.2, 0) is 11.2 Å². The zero-order valence-corrected chi connectivity index (χ0v) is 9.32. The SMILES string of the molecule is N#CCC(=O)Nc1ccc2c(c1)C(=O)CCC2. The lowest BCUT2D eigenvalue weighted by Crippen LogP contribution is -2.14. The number of ketones is 1. The van der Waals surface area contributed by atoms with Gasteiger partial charge in [0.25, 0.3) is 0 Å². The van der Waals surface area contributed by atoms with Crippen molar-refractivity contribution >= 4 is 17.4 Å². The minimum Gasteiger partial charge on any atom is -0.325 e. The maximum absolute atomic E-state index is 11.7. The molecule has 0 aromatic heterocycles. The molecule has 1 aromatic carbocycles. The third-order valence-corrected chi connectivity index (χ3v) is 2.78. The third kappa shape index (κ3) is 2.51. The van der Waals surface area contributed by atoms with Gasteiger partial charge in [-0.2, -0.15) is 5.26 Å². The van der Waals surface area contributed by atoms with Gasteiger partial charge in [-0.05, 0) is 30.5 Å². The fraction of sp³-hybridized carbons (Fsp3) is 0.308. The number of rotatable bonds is 2. The highest BCUT2D eigenvalue weighted by Gasteiger charge is 2.17. The van der Waals surface area contributed by atoms with Crippen molar-refractivity contribution in [2.24, 2.45) is 0 Å². The van der Waals surface area contributed by atoms with E-state index in [4.69, 9.17) is 5.26 Å². The van der Waals surface area contributed by atoms with Gasteiger partial charge in [0.15, 0.2) is 5.78 Å². The number of nitriles is 1. The van der Waals surface area contributed by atoms with Crippen molar-refractivity contribution in [3.8, 4) is 6.07 Å². The van der Waals surface area contributed by atoms with Crippen LogP contribution in [0.3, 0.4) is 0 Å². The van der Waals surface area contributed by atoms with Crippen LogP contribution in [0.15, 0.2) is 18.2 Å². The first-order valence-corrected chi connectivity index (χ1v) is 5.53. The van der Waals surface area contributed by atoms with E-state index in [1.807, 2.05) is 6.07 Å². The van der Waals surface area contributed by atoms with Gasteiger partial charge in [0.2, 0.25) is 5.91 Å². The monoisotopic (exact) mass is 228 g/mol. The third-order valence-electron chi connectivity index (χ3n) is 2.78. The smallest absolute Gasteiger partial charge is 0.238 e. The van der Waals surface area contributed by atoms with Crippen LogP contribution in [-0.4, -0.2) is 11.7 Å². The van der Waals surface area contributed by atoms with Gasteiger partial charge in [0, 0.05) is 17.7 Å². The number of hydrogen-bond acceptors (Lipinski definition) is 3. The number of amides is 1. The molecule has 1 aliphatic carbocycles. The molecule has 86 valence electrons. The first-order chi connectivity index (χ1) is 8.20. The van der Waals surface area contributed by atoms with Gasteiger partial charge in [0.1, 0.15) is 6.42 Å². The van der Waals surface area contributed by atoms with Crippen LogP contribution in [0.1, 0.15) is 35.2 Å². The molecular weight excluding hydrogens is 216 g/mol. The molecule has 0 atom stereocenters. The number of anilines is 1. The summed E-state index contributed by atoms with van der Waals surface area (Å²) < 4.78 is 0. The van der Waals surface area contributed by atoms with Crippen LogP contribution in [0, 0.1) is 11.3 Å². The van der Waals surface area contributed by atoms with Crippen LogP contribution in [0.5, 0.6) is 0 Å². The maximum Gasteiger partial charge on any atom is 0.238 e. The summed E-state index contributed by atoms with van der Waals surface area (Å²) in [6, 6.07) is 7.12. The van der Waals surface area contributed by atoms with E-state index in [-0.39, 0.29) is 18.1 Å². The van der Waals surface area contributed by atoms with Crippen LogP contribution in [0.2, 0.25) is 0 Å². The standard InChI is InChI=1S/C13H12N2O2/c14-7-6-13(17)15-10-5-4-9-2-1-3-12(16)11(9)8-10/h4-5,8H,1-3,6H2,(H,15,17). The summed E-state index contributed by atoms with van der Waals surface area (Å²) in [6.45, 7) is 0. The fourth-order valence-corrected chi connectivity index (χ4v) is 1.98. The van der Waals surface area contributed by atoms with Crippen LogP contribution >= 0.6 is 0 Å². The molecule has 4 nitrogen and oxygen atoms in total. The molecule has 2 rings (SSSR count). The summed E-state index contributed by atoms with van der Waals surface area (Å²) in [7, 11) is 0. The molecule has 0 bridgehead atoms. The summed E-state index contributed by atoms with van der Waals surface area (Å²) in [5.41, 5.74) is 2.32. The highest BCUT2D eigenvalue weighted by molar-refractivity contribution is 6.00. The van der Waals surface area contributed by atoms with E-state index in [0.29, 0.717) is 17.7 Å². The molecule has 0 unspecified atom stereocenters. The van der Waals surface area contributed by atoms with Gasteiger partial charge in [0.05, 0.1) is 6.07 Å². The van der Waals surface area contributed by atoms with E-state index < -0.39 is 0 Å². The van der Waals surface area contributed by atoms with E-state index in [0.717, 1.165) is 18.4 Å². The minimum atomic E-state index is -0.351. The number of benzene rings is 1. The molecule has 0 saturated heterocycles. The molecule has 0 fully saturated rings. The molecule has 4 heteroatoms. The van der Waals surface area contributed by atoms with Crippen molar-refractivity contribution in [2.45, 2.75) is 25.7 Å². The lowest BCUT2D eigenvalue weighted by atomic mass is 9.90. The second-order valence-corrected chi connectivity index (χ2v) is 4.03. The number of Topliss-reactive ketones (excluding diaryl/α,β-unsaturated/α-hetero) is 1. The number of fused-ring (bicyclic) bond motifs is 1. The number of nitrogens with zero attached hydrogens (tertiary/aromatic N) is 1. The summed E-state index contributed by atoms with van der Waals surface area (Å²) in [6.07, 6.45) is 2.20. The molecule has 1 aliphatic rings. The van der Waals surface area contributed by atoms with Crippen LogP contribution < -0.4 is 5.32 Å². The van der Waals surface area contributed by atoms with E-state index in [1.165, 1.54) is 0 Å². The Morgan fingerprint density at radius 3 is 3.00 bits per heavy atom. The lowest BCUT2D eigenvalue weighted by molar-refractivity contribution is -0.115. The van der Waals surface area contributed by atoms with Gasteiger partial charge in [-0.25, -0.2) is 0 Å². The second-order valence-electron chi connectivity index (χ2n) is 4.03. The summed E-state index contributed by atoms with van der Waals surface area (Å²) in [5, 5.41) is 11.0. The molecule has 1 N–H and O–H groups in total. The number of nitrogens with one attached hydrogen (secondary N) is 1. The minimum absolute atomic E-state index is 0.127. The number of carbonyl (C=O) groups excluding carboxylic acids is 2. The topological polar surface area (TPSA) is 70.0 Å². The fourth-order valence-electron chi connectivity index (χ4n) is 1.98. The predicted octanol–water partition coefficient (Wildman–Crippen LogP) is 2.06. The first kappa shape index (κ1) is 11.3. The molecule has 17 heavy (non-hydrogen) atoms. The Hall–Kier alpha value is -2.15. The van der Waals surface area contributed by atoms with E-state index in [9.17, 15) is 9.59 Å². The average molecular weight is 228 g/mol. The van der Waals surface area contributed by atoms with Gasteiger partial charge < -0.3 is 5.32 Å². The average Bonchev–Trinajstić information content (AvgIpc) is 2.30. The molecule has 1 aromatic rings. The summed E-state index contributed by atoms with van der Waals surface area (Å²) >= 11 is 0. The van der Waals surface area contributed by atoms with Crippen LogP contribution in [0.25, 0.3) is 0 Å².